The topological polar surface area (TPSA) is 48.1 Å². The second-order valence-corrected chi connectivity index (χ2v) is 6.49. The first-order valence-corrected chi connectivity index (χ1v) is 7.98. The van der Waals surface area contributed by atoms with Gasteiger partial charge in [0.05, 0.1) is 17.3 Å². The molecule has 0 amide bonds. The molecule has 2 atom stereocenters. The molecule has 2 heterocycles. The summed E-state index contributed by atoms with van der Waals surface area (Å²) in [5, 5.41) is 3.23. The van der Waals surface area contributed by atoms with E-state index in [1.54, 1.807) is 11.3 Å². The summed E-state index contributed by atoms with van der Waals surface area (Å²) in [5.41, 5.74) is 8.76. The van der Waals surface area contributed by atoms with Crippen LogP contribution in [0.1, 0.15) is 35.0 Å². The molecule has 3 rings (SSSR count). The molecule has 0 spiro atoms. The summed E-state index contributed by atoms with van der Waals surface area (Å²) in [5.74, 6) is 1.54. The number of nitrogens with two attached hydrogens (primary N) is 1. The van der Waals surface area contributed by atoms with Gasteiger partial charge in [-0.3, -0.25) is 0 Å². The number of rotatable bonds is 4. The molecule has 0 aliphatic carbocycles. The van der Waals surface area contributed by atoms with Crippen molar-refractivity contribution in [1.82, 2.24) is 4.98 Å². The predicted octanol–water partition coefficient (Wildman–Crippen LogP) is 3.28. The molecule has 106 valence electrons. The maximum Gasteiger partial charge on any atom is 0.122 e. The van der Waals surface area contributed by atoms with Gasteiger partial charge in [0.1, 0.15) is 5.75 Å². The highest BCUT2D eigenvalue weighted by Crippen LogP contribution is 2.36. The smallest absolute Gasteiger partial charge is 0.122 e. The van der Waals surface area contributed by atoms with Gasteiger partial charge in [0.25, 0.3) is 0 Å². The lowest BCUT2D eigenvalue weighted by atomic mass is 9.87. The Labute approximate surface area is 123 Å². The van der Waals surface area contributed by atoms with Crippen molar-refractivity contribution in [3.8, 4) is 5.75 Å². The van der Waals surface area contributed by atoms with Gasteiger partial charge in [0.15, 0.2) is 0 Å². The second kappa shape index (κ2) is 5.94. The first-order chi connectivity index (χ1) is 9.72. The monoisotopic (exact) mass is 288 g/mol. The number of thiazole rings is 1. The van der Waals surface area contributed by atoms with Crippen LogP contribution in [0, 0.1) is 6.92 Å². The number of ether oxygens (including phenoxy) is 1. The van der Waals surface area contributed by atoms with Crippen LogP contribution in [-0.2, 0) is 6.42 Å². The van der Waals surface area contributed by atoms with Crippen LogP contribution < -0.4 is 10.5 Å². The molecule has 1 aromatic carbocycles. The molecule has 0 saturated carbocycles. The van der Waals surface area contributed by atoms with Gasteiger partial charge < -0.3 is 10.5 Å². The molecule has 3 nitrogen and oxygen atoms in total. The van der Waals surface area contributed by atoms with Crippen LogP contribution in [0.4, 0.5) is 0 Å². The number of hydrogen-bond donors (Lipinski definition) is 1. The number of aromatic nitrogens is 1. The second-order valence-electron chi connectivity index (χ2n) is 5.43. The molecular weight excluding hydrogens is 268 g/mol. The molecule has 20 heavy (non-hydrogen) atoms. The first-order valence-electron chi connectivity index (χ1n) is 7.10. The molecule has 0 fully saturated rings. The highest BCUT2D eigenvalue weighted by molar-refractivity contribution is 7.09. The normalized spacial score (nSPS) is 19.2. The highest BCUT2D eigenvalue weighted by Gasteiger charge is 2.23. The van der Waals surface area contributed by atoms with Crippen LogP contribution >= 0.6 is 11.3 Å². The lowest BCUT2D eigenvalue weighted by Crippen LogP contribution is -2.27. The number of hydrogen-bond acceptors (Lipinski definition) is 4. The fourth-order valence-corrected chi connectivity index (χ4v) is 3.51. The first kappa shape index (κ1) is 13.6. The van der Waals surface area contributed by atoms with Gasteiger partial charge in [-0.2, -0.15) is 0 Å². The highest BCUT2D eigenvalue weighted by atomic mass is 32.1. The predicted molar refractivity (Wildman–Crippen MR) is 82.4 cm³/mol. The number of nitrogens with zero attached hydrogens (tertiary/aromatic N) is 1. The minimum atomic E-state index is 0.160. The summed E-state index contributed by atoms with van der Waals surface area (Å²) < 4.78 is 5.71. The van der Waals surface area contributed by atoms with Crippen LogP contribution in [-0.4, -0.2) is 17.6 Å². The van der Waals surface area contributed by atoms with E-state index in [1.807, 2.05) is 13.0 Å². The summed E-state index contributed by atoms with van der Waals surface area (Å²) in [6.07, 6.45) is 2.92. The molecule has 2 unspecified atom stereocenters. The zero-order valence-electron chi connectivity index (χ0n) is 11.7. The molecule has 1 aliphatic rings. The third kappa shape index (κ3) is 3.02. The minimum Gasteiger partial charge on any atom is -0.493 e. The summed E-state index contributed by atoms with van der Waals surface area (Å²) in [7, 11) is 0. The molecule has 4 heteroatoms. The fraction of sp³-hybridized carbons (Fsp3) is 0.438. The number of fused-ring (bicyclic) bond motifs is 1. The maximum atomic E-state index is 6.33. The average Bonchev–Trinajstić information content (AvgIpc) is 2.84. The van der Waals surface area contributed by atoms with E-state index in [4.69, 9.17) is 10.5 Å². The molecule has 1 aromatic heterocycles. The van der Waals surface area contributed by atoms with Gasteiger partial charge in [-0.15, -0.1) is 11.3 Å². The summed E-state index contributed by atoms with van der Waals surface area (Å²) in [6.45, 7) is 2.83. The van der Waals surface area contributed by atoms with Crippen molar-refractivity contribution in [2.75, 3.05) is 6.61 Å². The largest absolute Gasteiger partial charge is 0.493 e. The van der Waals surface area contributed by atoms with Gasteiger partial charge in [-0.25, -0.2) is 4.98 Å². The fourth-order valence-electron chi connectivity index (χ4n) is 2.88. The van der Waals surface area contributed by atoms with Crippen LogP contribution in [0.5, 0.6) is 5.75 Å². The van der Waals surface area contributed by atoms with Gasteiger partial charge in [-0.05, 0) is 37.3 Å². The average molecular weight is 288 g/mol. The minimum absolute atomic E-state index is 0.160. The standard InChI is InChI=1S/C16H20N2OS/c1-11-18-14(10-20-11)9-13(17)8-12-6-7-19-16-5-3-2-4-15(12)16/h2-5,10,12-13H,6-9,17H2,1H3. The zero-order chi connectivity index (χ0) is 13.9. The van der Waals surface area contributed by atoms with E-state index in [1.165, 1.54) is 5.56 Å². The van der Waals surface area contributed by atoms with Crippen molar-refractivity contribution in [3.63, 3.8) is 0 Å². The third-order valence-corrected chi connectivity index (χ3v) is 4.63. The number of aryl methyl sites for hydroxylation is 1. The van der Waals surface area contributed by atoms with Gasteiger partial charge in [-0.1, -0.05) is 18.2 Å². The SMILES string of the molecule is Cc1nc(CC(N)CC2CCOc3ccccc32)cs1. The molecule has 2 N–H and O–H groups in total. The molecule has 0 bridgehead atoms. The Hall–Kier alpha value is -1.39. The maximum absolute atomic E-state index is 6.33. The quantitative estimate of drug-likeness (QED) is 0.939. The van der Waals surface area contributed by atoms with Crippen LogP contribution in [0.15, 0.2) is 29.6 Å². The number of para-hydroxylation sites is 1. The zero-order valence-corrected chi connectivity index (χ0v) is 12.5. The van der Waals surface area contributed by atoms with Gasteiger partial charge >= 0.3 is 0 Å². The van der Waals surface area contributed by atoms with Crippen LogP contribution in [0.2, 0.25) is 0 Å². The Morgan fingerprint density at radius 3 is 3.10 bits per heavy atom. The molecule has 0 saturated heterocycles. The van der Waals surface area contributed by atoms with Crippen molar-refractivity contribution in [1.29, 1.82) is 0 Å². The van der Waals surface area contributed by atoms with E-state index in [9.17, 15) is 0 Å². The third-order valence-electron chi connectivity index (χ3n) is 3.81. The summed E-state index contributed by atoms with van der Waals surface area (Å²) >= 11 is 1.69. The van der Waals surface area contributed by atoms with Crippen molar-refractivity contribution >= 4 is 11.3 Å². The Kier molecular flexibility index (Phi) is 4.03. The Morgan fingerprint density at radius 2 is 2.30 bits per heavy atom. The van der Waals surface area contributed by atoms with Crippen LogP contribution in [0.3, 0.4) is 0 Å². The van der Waals surface area contributed by atoms with E-state index >= 15 is 0 Å². The van der Waals surface area contributed by atoms with Crippen LogP contribution in [0.25, 0.3) is 0 Å². The van der Waals surface area contributed by atoms with Gasteiger partial charge in [0.2, 0.25) is 0 Å². The van der Waals surface area contributed by atoms with Crippen molar-refractivity contribution in [3.05, 3.63) is 45.9 Å². The summed E-state index contributed by atoms with van der Waals surface area (Å²) in [6, 6.07) is 8.48. The lowest BCUT2D eigenvalue weighted by molar-refractivity contribution is 0.258. The molecule has 2 aromatic rings. The van der Waals surface area contributed by atoms with E-state index in [-0.39, 0.29) is 6.04 Å². The van der Waals surface area contributed by atoms with Gasteiger partial charge in [0, 0.05) is 17.8 Å². The van der Waals surface area contributed by atoms with E-state index < -0.39 is 0 Å². The molecule has 0 radical (unpaired) electrons. The number of benzene rings is 1. The van der Waals surface area contributed by atoms with Crippen molar-refractivity contribution < 1.29 is 4.74 Å². The van der Waals surface area contributed by atoms with E-state index in [0.29, 0.717) is 5.92 Å². The molecule has 1 aliphatic heterocycles. The Balaban J connectivity index is 1.66. The Bertz CT molecular complexity index is 581. The van der Waals surface area contributed by atoms with Crippen molar-refractivity contribution in [2.24, 2.45) is 5.73 Å². The van der Waals surface area contributed by atoms with E-state index in [2.05, 4.69) is 28.6 Å². The summed E-state index contributed by atoms with van der Waals surface area (Å²) in [4.78, 5) is 4.50. The van der Waals surface area contributed by atoms with E-state index in [0.717, 1.165) is 42.3 Å². The Morgan fingerprint density at radius 1 is 1.45 bits per heavy atom. The van der Waals surface area contributed by atoms with Crippen molar-refractivity contribution in [2.45, 2.75) is 38.1 Å². The molecular formula is C16H20N2OS. The lowest BCUT2D eigenvalue weighted by Gasteiger charge is -2.27.